The summed E-state index contributed by atoms with van der Waals surface area (Å²) in [6.07, 6.45) is 2.15. The summed E-state index contributed by atoms with van der Waals surface area (Å²) in [5, 5.41) is 12.7. The van der Waals surface area contributed by atoms with Gasteiger partial charge in [0, 0.05) is 12.6 Å². The summed E-state index contributed by atoms with van der Waals surface area (Å²) in [5.41, 5.74) is 2.73. The third-order valence-corrected chi connectivity index (χ3v) is 3.33. The van der Waals surface area contributed by atoms with Crippen LogP contribution < -0.4 is 5.32 Å². The molecule has 1 aromatic carbocycles. The number of nitrogens with one attached hydrogen (secondary N) is 1. The highest BCUT2D eigenvalue weighted by atomic mass is 16.3. The van der Waals surface area contributed by atoms with Crippen LogP contribution in [0.3, 0.4) is 0 Å². The Morgan fingerprint density at radius 3 is 2.93 bits per heavy atom. The summed E-state index contributed by atoms with van der Waals surface area (Å²) in [6.45, 7) is 3.49. The molecular formula is C13H19NO. The quantitative estimate of drug-likeness (QED) is 0.774. The maximum atomic E-state index is 9.20. The van der Waals surface area contributed by atoms with Gasteiger partial charge in [-0.2, -0.15) is 0 Å². The molecule has 1 aliphatic heterocycles. The molecule has 2 atom stereocenters. The molecule has 1 aliphatic rings. The van der Waals surface area contributed by atoms with Crippen molar-refractivity contribution in [1.29, 1.82) is 0 Å². The van der Waals surface area contributed by atoms with Crippen molar-refractivity contribution in [3.8, 4) is 0 Å². The van der Waals surface area contributed by atoms with Crippen molar-refractivity contribution in [2.24, 2.45) is 5.92 Å². The van der Waals surface area contributed by atoms with Crippen LogP contribution in [0.25, 0.3) is 0 Å². The number of piperidine rings is 1. The van der Waals surface area contributed by atoms with Crippen LogP contribution >= 0.6 is 0 Å². The van der Waals surface area contributed by atoms with Crippen LogP contribution in [-0.2, 0) is 0 Å². The number of rotatable bonds is 2. The fraction of sp³-hybridized carbons (Fsp3) is 0.538. The van der Waals surface area contributed by atoms with Crippen molar-refractivity contribution in [2.45, 2.75) is 25.8 Å². The average Bonchev–Trinajstić information content (AvgIpc) is 2.30. The summed E-state index contributed by atoms with van der Waals surface area (Å²) in [7, 11) is 0. The van der Waals surface area contributed by atoms with Gasteiger partial charge in [-0.05, 0) is 43.4 Å². The van der Waals surface area contributed by atoms with Gasteiger partial charge in [0.1, 0.15) is 0 Å². The first-order valence-corrected chi connectivity index (χ1v) is 5.71. The van der Waals surface area contributed by atoms with Crippen LogP contribution in [0.4, 0.5) is 0 Å². The molecule has 1 saturated heterocycles. The highest BCUT2D eigenvalue weighted by Gasteiger charge is 2.22. The first-order chi connectivity index (χ1) is 7.31. The van der Waals surface area contributed by atoms with E-state index in [4.69, 9.17) is 0 Å². The molecule has 1 fully saturated rings. The lowest BCUT2D eigenvalue weighted by Gasteiger charge is -2.30. The molecule has 1 heterocycles. The molecule has 1 aromatic rings. The maximum absolute atomic E-state index is 9.20. The minimum absolute atomic E-state index is 0.323. The van der Waals surface area contributed by atoms with Gasteiger partial charge in [0.2, 0.25) is 0 Å². The Morgan fingerprint density at radius 2 is 2.20 bits per heavy atom. The second-order valence-corrected chi connectivity index (χ2v) is 4.44. The van der Waals surface area contributed by atoms with Crippen LogP contribution in [0.2, 0.25) is 0 Å². The molecule has 0 aliphatic carbocycles. The number of benzene rings is 1. The lowest BCUT2D eigenvalue weighted by Crippen LogP contribution is -2.33. The van der Waals surface area contributed by atoms with Crippen LogP contribution in [-0.4, -0.2) is 18.3 Å². The molecular weight excluding hydrogens is 186 g/mol. The third kappa shape index (κ3) is 2.39. The maximum Gasteiger partial charge on any atom is 0.0460 e. The molecule has 0 saturated carbocycles. The van der Waals surface area contributed by atoms with Gasteiger partial charge in [0.05, 0.1) is 0 Å². The number of hydrogen-bond acceptors (Lipinski definition) is 2. The summed E-state index contributed by atoms with van der Waals surface area (Å²) in [4.78, 5) is 0. The predicted octanol–water partition coefficient (Wildman–Crippen LogP) is 2.03. The van der Waals surface area contributed by atoms with Crippen molar-refractivity contribution in [3.05, 3.63) is 35.4 Å². The van der Waals surface area contributed by atoms with Gasteiger partial charge >= 0.3 is 0 Å². The van der Waals surface area contributed by atoms with Crippen molar-refractivity contribution >= 4 is 0 Å². The summed E-state index contributed by atoms with van der Waals surface area (Å²) >= 11 is 0. The first kappa shape index (κ1) is 10.7. The normalized spacial score (nSPS) is 26.5. The third-order valence-electron chi connectivity index (χ3n) is 3.33. The SMILES string of the molecule is Cc1ccccc1C1CC(CO)CCN1. The van der Waals surface area contributed by atoms with E-state index >= 15 is 0 Å². The Balaban J connectivity index is 2.13. The zero-order valence-corrected chi connectivity index (χ0v) is 9.24. The second-order valence-electron chi connectivity index (χ2n) is 4.44. The molecule has 0 radical (unpaired) electrons. The Labute approximate surface area is 91.3 Å². The summed E-state index contributed by atoms with van der Waals surface area (Å²) in [6, 6.07) is 8.93. The average molecular weight is 205 g/mol. The van der Waals surface area contributed by atoms with Gasteiger partial charge in [-0.3, -0.25) is 0 Å². The molecule has 2 heteroatoms. The first-order valence-electron chi connectivity index (χ1n) is 5.71. The largest absolute Gasteiger partial charge is 0.396 e. The van der Waals surface area contributed by atoms with Crippen molar-refractivity contribution in [2.75, 3.05) is 13.2 Å². The zero-order valence-electron chi connectivity index (χ0n) is 9.24. The van der Waals surface area contributed by atoms with Crippen LogP contribution in [0.5, 0.6) is 0 Å². The molecule has 0 amide bonds. The standard InChI is InChI=1S/C13H19NO/c1-10-4-2-3-5-12(10)13-8-11(9-15)6-7-14-13/h2-5,11,13-15H,6-9H2,1H3. The van der Waals surface area contributed by atoms with Crippen LogP contribution in [0, 0.1) is 12.8 Å². The molecule has 82 valence electrons. The number of aliphatic hydroxyl groups excluding tert-OH is 1. The van der Waals surface area contributed by atoms with E-state index in [1.807, 2.05) is 0 Å². The van der Waals surface area contributed by atoms with Crippen molar-refractivity contribution in [3.63, 3.8) is 0 Å². The Hall–Kier alpha value is -0.860. The molecule has 0 spiro atoms. The topological polar surface area (TPSA) is 32.3 Å². The van der Waals surface area contributed by atoms with Gasteiger partial charge in [-0.15, -0.1) is 0 Å². The van der Waals surface area contributed by atoms with E-state index < -0.39 is 0 Å². The Kier molecular flexibility index (Phi) is 3.39. The molecule has 2 unspecified atom stereocenters. The lowest BCUT2D eigenvalue weighted by molar-refractivity contribution is 0.176. The summed E-state index contributed by atoms with van der Waals surface area (Å²) < 4.78 is 0. The van der Waals surface area contributed by atoms with E-state index in [-0.39, 0.29) is 0 Å². The number of hydrogen-bond donors (Lipinski definition) is 2. The summed E-state index contributed by atoms with van der Waals surface area (Å²) in [5.74, 6) is 0.468. The fourth-order valence-electron chi connectivity index (χ4n) is 2.38. The Morgan fingerprint density at radius 1 is 1.40 bits per heavy atom. The molecule has 0 aromatic heterocycles. The Bertz CT molecular complexity index is 324. The van der Waals surface area contributed by atoms with E-state index in [0.717, 1.165) is 19.4 Å². The van der Waals surface area contributed by atoms with Gasteiger partial charge in [-0.25, -0.2) is 0 Å². The predicted molar refractivity (Wildman–Crippen MR) is 61.7 cm³/mol. The monoisotopic (exact) mass is 205 g/mol. The number of aryl methyl sites for hydroxylation is 1. The van der Waals surface area contributed by atoms with Gasteiger partial charge in [0.25, 0.3) is 0 Å². The van der Waals surface area contributed by atoms with E-state index in [1.165, 1.54) is 11.1 Å². The minimum atomic E-state index is 0.323. The van der Waals surface area contributed by atoms with E-state index in [1.54, 1.807) is 0 Å². The highest BCUT2D eigenvalue weighted by molar-refractivity contribution is 5.29. The highest BCUT2D eigenvalue weighted by Crippen LogP contribution is 2.28. The fourth-order valence-corrected chi connectivity index (χ4v) is 2.38. The van der Waals surface area contributed by atoms with Crippen molar-refractivity contribution < 1.29 is 5.11 Å². The minimum Gasteiger partial charge on any atom is -0.396 e. The van der Waals surface area contributed by atoms with Crippen LogP contribution in [0.15, 0.2) is 24.3 Å². The molecule has 2 N–H and O–H groups in total. The molecule has 2 rings (SSSR count). The van der Waals surface area contributed by atoms with E-state index in [2.05, 4.69) is 36.5 Å². The smallest absolute Gasteiger partial charge is 0.0460 e. The van der Waals surface area contributed by atoms with E-state index in [9.17, 15) is 5.11 Å². The van der Waals surface area contributed by atoms with Gasteiger partial charge < -0.3 is 10.4 Å². The van der Waals surface area contributed by atoms with Gasteiger partial charge in [0.15, 0.2) is 0 Å². The lowest BCUT2D eigenvalue weighted by atomic mass is 9.88. The van der Waals surface area contributed by atoms with Crippen LogP contribution in [0.1, 0.15) is 30.0 Å². The molecule has 0 bridgehead atoms. The number of aliphatic hydroxyl groups is 1. The van der Waals surface area contributed by atoms with E-state index in [0.29, 0.717) is 18.6 Å². The van der Waals surface area contributed by atoms with Crippen molar-refractivity contribution in [1.82, 2.24) is 5.32 Å². The molecule has 15 heavy (non-hydrogen) atoms. The second kappa shape index (κ2) is 4.77. The molecule has 2 nitrogen and oxygen atoms in total. The zero-order chi connectivity index (χ0) is 10.7. The van der Waals surface area contributed by atoms with Gasteiger partial charge in [-0.1, -0.05) is 24.3 Å².